The number of primary sulfonamides is 1. The van der Waals surface area contributed by atoms with Crippen molar-refractivity contribution in [2.45, 2.75) is 18.2 Å². The minimum atomic E-state index is -3.77. The lowest BCUT2D eigenvalue weighted by atomic mass is 10.0. The van der Waals surface area contributed by atoms with Crippen LogP contribution in [0.4, 0.5) is 0 Å². The van der Waals surface area contributed by atoms with Crippen LogP contribution in [0.5, 0.6) is 5.75 Å². The number of sulfonamides is 1. The van der Waals surface area contributed by atoms with E-state index in [0.717, 1.165) is 12.0 Å². The molecule has 0 saturated heterocycles. The summed E-state index contributed by atoms with van der Waals surface area (Å²) in [6.45, 7) is 2.59. The predicted molar refractivity (Wildman–Crippen MR) is 79.0 cm³/mol. The Morgan fingerprint density at radius 2 is 1.60 bits per heavy atom. The van der Waals surface area contributed by atoms with Gasteiger partial charge in [-0.05, 0) is 18.6 Å². The maximum atomic E-state index is 11.7. The zero-order valence-corrected chi connectivity index (χ0v) is 12.1. The normalized spacial score (nSPS) is 11.3. The summed E-state index contributed by atoms with van der Waals surface area (Å²) in [7, 11) is -3.77. The van der Waals surface area contributed by atoms with Crippen molar-refractivity contribution < 1.29 is 13.2 Å². The van der Waals surface area contributed by atoms with Gasteiger partial charge in [-0.25, -0.2) is 13.6 Å². The second kappa shape index (κ2) is 6.07. The molecule has 0 aliphatic heterocycles. The molecule has 5 heteroatoms. The summed E-state index contributed by atoms with van der Waals surface area (Å²) in [4.78, 5) is 0.104. The van der Waals surface area contributed by atoms with Gasteiger partial charge in [-0.3, -0.25) is 0 Å². The topological polar surface area (TPSA) is 69.4 Å². The van der Waals surface area contributed by atoms with Crippen LogP contribution in [0.15, 0.2) is 53.4 Å². The van der Waals surface area contributed by atoms with E-state index in [2.05, 4.69) is 0 Å². The average molecular weight is 291 g/mol. The van der Waals surface area contributed by atoms with Gasteiger partial charge >= 0.3 is 0 Å². The molecule has 0 bridgehead atoms. The Labute approximate surface area is 119 Å². The maximum Gasteiger partial charge on any atom is 0.238 e. The van der Waals surface area contributed by atoms with E-state index < -0.39 is 10.0 Å². The number of hydrogen-bond donors (Lipinski definition) is 1. The fourth-order valence-corrected chi connectivity index (χ4v) is 2.72. The molecule has 0 aliphatic carbocycles. The highest BCUT2D eigenvalue weighted by atomic mass is 32.2. The largest absolute Gasteiger partial charge is 0.493 e. The van der Waals surface area contributed by atoms with Gasteiger partial charge in [0.1, 0.15) is 5.75 Å². The van der Waals surface area contributed by atoms with E-state index in [9.17, 15) is 8.42 Å². The minimum absolute atomic E-state index is 0.104. The number of hydrogen-bond acceptors (Lipinski definition) is 3. The Bertz CT molecular complexity index is 696. The molecule has 4 nitrogen and oxygen atoms in total. The summed E-state index contributed by atoms with van der Waals surface area (Å²) in [5, 5.41) is 5.28. The molecule has 0 aromatic heterocycles. The lowest BCUT2D eigenvalue weighted by Gasteiger charge is -2.13. The molecule has 0 radical (unpaired) electrons. The summed E-state index contributed by atoms with van der Waals surface area (Å²) >= 11 is 0. The van der Waals surface area contributed by atoms with Crippen LogP contribution >= 0.6 is 0 Å². The van der Waals surface area contributed by atoms with Gasteiger partial charge in [0, 0.05) is 11.1 Å². The van der Waals surface area contributed by atoms with Crippen molar-refractivity contribution >= 4 is 10.0 Å². The Morgan fingerprint density at radius 1 is 1.00 bits per heavy atom. The highest BCUT2D eigenvalue weighted by molar-refractivity contribution is 7.89. The van der Waals surface area contributed by atoms with Gasteiger partial charge in [0.05, 0.1) is 11.5 Å². The monoisotopic (exact) mass is 291 g/mol. The van der Waals surface area contributed by atoms with Crippen LogP contribution in [-0.4, -0.2) is 15.0 Å². The Kier molecular flexibility index (Phi) is 4.42. The summed E-state index contributed by atoms with van der Waals surface area (Å²) in [6, 6.07) is 14.0. The van der Waals surface area contributed by atoms with Gasteiger partial charge in [-0.2, -0.15) is 0 Å². The zero-order chi connectivity index (χ0) is 14.6. The molecule has 0 heterocycles. The second-order valence-electron chi connectivity index (χ2n) is 4.39. The molecular formula is C15H17NO3S. The van der Waals surface area contributed by atoms with E-state index in [-0.39, 0.29) is 4.90 Å². The summed E-state index contributed by atoms with van der Waals surface area (Å²) < 4.78 is 29.1. The van der Waals surface area contributed by atoms with Crippen molar-refractivity contribution in [2.75, 3.05) is 6.61 Å². The molecule has 0 aliphatic rings. The smallest absolute Gasteiger partial charge is 0.238 e. The van der Waals surface area contributed by atoms with Gasteiger partial charge in [0.2, 0.25) is 10.0 Å². The van der Waals surface area contributed by atoms with Gasteiger partial charge in [0.25, 0.3) is 0 Å². The summed E-state index contributed by atoms with van der Waals surface area (Å²) in [5.41, 5.74) is 1.28. The predicted octanol–water partition coefficient (Wildman–Crippen LogP) is 2.79. The van der Waals surface area contributed by atoms with E-state index in [1.807, 2.05) is 31.2 Å². The molecule has 2 aromatic rings. The first kappa shape index (κ1) is 14.6. The van der Waals surface area contributed by atoms with Crippen LogP contribution in [0, 0.1) is 0 Å². The van der Waals surface area contributed by atoms with Gasteiger partial charge in [-0.15, -0.1) is 0 Å². The standard InChI is InChI=1S/C15H17NO3S/c1-2-11-19-14-9-5-3-7-12(14)13-8-4-6-10-15(13)20(16,17)18/h3-10H,2,11H2,1H3,(H2,16,17,18). The summed E-state index contributed by atoms with van der Waals surface area (Å²) in [6.07, 6.45) is 0.880. The first-order valence-corrected chi connectivity index (χ1v) is 7.92. The van der Waals surface area contributed by atoms with E-state index in [1.54, 1.807) is 18.2 Å². The third-order valence-electron chi connectivity index (χ3n) is 2.83. The molecule has 0 spiro atoms. The van der Waals surface area contributed by atoms with Gasteiger partial charge in [0.15, 0.2) is 0 Å². The molecule has 0 saturated carbocycles. The van der Waals surface area contributed by atoms with Gasteiger partial charge < -0.3 is 4.74 Å². The first-order valence-electron chi connectivity index (χ1n) is 6.38. The van der Waals surface area contributed by atoms with Crippen LogP contribution in [0.3, 0.4) is 0 Å². The van der Waals surface area contributed by atoms with Crippen LogP contribution in [-0.2, 0) is 10.0 Å². The third-order valence-corrected chi connectivity index (χ3v) is 3.80. The van der Waals surface area contributed by atoms with Crippen molar-refractivity contribution in [2.24, 2.45) is 5.14 Å². The van der Waals surface area contributed by atoms with Crippen LogP contribution < -0.4 is 9.88 Å². The fourth-order valence-electron chi connectivity index (χ4n) is 1.96. The Hall–Kier alpha value is -1.85. The molecule has 106 valence electrons. The SMILES string of the molecule is CCCOc1ccccc1-c1ccccc1S(N)(=O)=O. The number of rotatable bonds is 5. The van der Waals surface area contributed by atoms with E-state index in [1.165, 1.54) is 6.07 Å². The first-order chi connectivity index (χ1) is 9.54. The van der Waals surface area contributed by atoms with E-state index in [4.69, 9.17) is 9.88 Å². The molecule has 0 atom stereocenters. The maximum absolute atomic E-state index is 11.7. The third kappa shape index (κ3) is 3.18. The van der Waals surface area contributed by atoms with Crippen LogP contribution in [0.25, 0.3) is 11.1 Å². The molecule has 2 rings (SSSR count). The Balaban J connectivity index is 2.58. The average Bonchev–Trinajstić information content (AvgIpc) is 2.44. The van der Waals surface area contributed by atoms with Crippen molar-refractivity contribution in [3.63, 3.8) is 0 Å². The molecule has 20 heavy (non-hydrogen) atoms. The number of para-hydroxylation sites is 1. The van der Waals surface area contributed by atoms with Crippen LogP contribution in [0.2, 0.25) is 0 Å². The Morgan fingerprint density at radius 3 is 2.25 bits per heavy atom. The number of benzene rings is 2. The quantitative estimate of drug-likeness (QED) is 0.921. The van der Waals surface area contributed by atoms with Crippen molar-refractivity contribution in [3.8, 4) is 16.9 Å². The lowest BCUT2D eigenvalue weighted by Crippen LogP contribution is -2.13. The van der Waals surface area contributed by atoms with E-state index in [0.29, 0.717) is 17.9 Å². The fraction of sp³-hybridized carbons (Fsp3) is 0.200. The highest BCUT2D eigenvalue weighted by Crippen LogP contribution is 2.33. The molecule has 0 unspecified atom stereocenters. The molecule has 2 aromatic carbocycles. The van der Waals surface area contributed by atoms with Crippen molar-refractivity contribution in [1.29, 1.82) is 0 Å². The zero-order valence-electron chi connectivity index (χ0n) is 11.2. The molecule has 0 fully saturated rings. The van der Waals surface area contributed by atoms with E-state index >= 15 is 0 Å². The second-order valence-corrected chi connectivity index (χ2v) is 5.92. The van der Waals surface area contributed by atoms with Crippen molar-refractivity contribution in [1.82, 2.24) is 0 Å². The van der Waals surface area contributed by atoms with Crippen molar-refractivity contribution in [3.05, 3.63) is 48.5 Å². The lowest BCUT2D eigenvalue weighted by molar-refractivity contribution is 0.318. The minimum Gasteiger partial charge on any atom is -0.493 e. The number of nitrogens with two attached hydrogens (primary N) is 1. The molecule has 0 amide bonds. The number of ether oxygens (including phenoxy) is 1. The molecular weight excluding hydrogens is 274 g/mol. The molecule has 2 N–H and O–H groups in total. The highest BCUT2D eigenvalue weighted by Gasteiger charge is 2.16. The van der Waals surface area contributed by atoms with Crippen LogP contribution in [0.1, 0.15) is 13.3 Å². The summed E-state index contributed by atoms with van der Waals surface area (Å²) in [5.74, 6) is 0.658. The van der Waals surface area contributed by atoms with Gasteiger partial charge in [-0.1, -0.05) is 43.3 Å².